The average molecular weight is 445 g/mol. The van der Waals surface area contributed by atoms with Gasteiger partial charge >= 0.3 is 5.51 Å². The highest BCUT2D eigenvalue weighted by atomic mass is 32.2. The van der Waals surface area contributed by atoms with Gasteiger partial charge in [0.15, 0.2) is 0 Å². The molecule has 4 rings (SSSR count). The Kier molecular flexibility index (Phi) is 5.69. The highest BCUT2D eigenvalue weighted by Gasteiger charge is 2.29. The molecule has 0 spiro atoms. The molecule has 3 aromatic carbocycles. The van der Waals surface area contributed by atoms with Crippen LogP contribution in [0, 0.1) is 5.82 Å². The standard InChI is InChI=1S/C22H15F4N3OS/c23-15-6-8-16(9-7-15)29-20-3-1-2-18(19(20)13-28-29)21(30)27-12-14-4-10-17(11-5-14)31-22(24,25)26/h1-11,13H,12H2,(H,27,30). The Labute approximate surface area is 178 Å². The smallest absolute Gasteiger partial charge is 0.348 e. The highest BCUT2D eigenvalue weighted by Crippen LogP contribution is 2.36. The number of carbonyl (C=O) groups excluding carboxylic acids is 1. The van der Waals surface area contributed by atoms with Crippen LogP contribution in [0.25, 0.3) is 16.6 Å². The highest BCUT2D eigenvalue weighted by molar-refractivity contribution is 8.00. The number of hydrogen-bond donors (Lipinski definition) is 1. The number of aromatic nitrogens is 2. The Morgan fingerprint density at radius 2 is 1.71 bits per heavy atom. The van der Waals surface area contributed by atoms with E-state index in [1.54, 1.807) is 53.3 Å². The minimum Gasteiger partial charge on any atom is -0.348 e. The molecule has 1 N–H and O–H groups in total. The number of nitrogens with one attached hydrogen (secondary N) is 1. The van der Waals surface area contributed by atoms with Crippen LogP contribution in [0.1, 0.15) is 15.9 Å². The maximum absolute atomic E-state index is 13.2. The van der Waals surface area contributed by atoms with Gasteiger partial charge in [-0.25, -0.2) is 9.07 Å². The molecule has 4 nitrogen and oxygen atoms in total. The molecule has 0 saturated carbocycles. The van der Waals surface area contributed by atoms with Gasteiger partial charge in [0.05, 0.1) is 23.0 Å². The van der Waals surface area contributed by atoms with Crippen molar-refractivity contribution in [2.75, 3.05) is 0 Å². The fraction of sp³-hybridized carbons (Fsp3) is 0.0909. The first-order valence-electron chi connectivity index (χ1n) is 9.16. The summed E-state index contributed by atoms with van der Waals surface area (Å²) < 4.78 is 52.1. The topological polar surface area (TPSA) is 46.9 Å². The lowest BCUT2D eigenvalue weighted by Crippen LogP contribution is -2.22. The molecular formula is C22H15F4N3OS. The first-order valence-corrected chi connectivity index (χ1v) is 9.97. The molecule has 1 aromatic heterocycles. The maximum Gasteiger partial charge on any atom is 0.446 e. The van der Waals surface area contributed by atoms with Gasteiger partial charge in [0.1, 0.15) is 5.82 Å². The van der Waals surface area contributed by atoms with Gasteiger partial charge in [-0.1, -0.05) is 18.2 Å². The summed E-state index contributed by atoms with van der Waals surface area (Å²) in [5, 5.41) is 7.72. The average Bonchev–Trinajstić information content (AvgIpc) is 3.17. The van der Waals surface area contributed by atoms with Crippen LogP contribution in [0.3, 0.4) is 0 Å². The Bertz CT molecular complexity index is 1220. The monoisotopic (exact) mass is 445 g/mol. The van der Waals surface area contributed by atoms with E-state index >= 15 is 0 Å². The predicted octanol–water partition coefficient (Wildman–Crippen LogP) is 5.71. The minimum absolute atomic E-state index is 0.0838. The van der Waals surface area contributed by atoms with Gasteiger partial charge in [0.2, 0.25) is 0 Å². The van der Waals surface area contributed by atoms with E-state index in [0.29, 0.717) is 27.7 Å². The number of benzene rings is 3. The second-order valence-corrected chi connectivity index (χ2v) is 7.78. The van der Waals surface area contributed by atoms with Crippen molar-refractivity contribution in [3.63, 3.8) is 0 Å². The number of hydrogen-bond acceptors (Lipinski definition) is 3. The molecular weight excluding hydrogens is 430 g/mol. The van der Waals surface area contributed by atoms with E-state index in [2.05, 4.69) is 10.4 Å². The maximum atomic E-state index is 13.2. The first kappa shape index (κ1) is 20.9. The SMILES string of the molecule is O=C(NCc1ccc(SC(F)(F)F)cc1)c1cccc2c1cnn2-c1ccc(F)cc1. The third-order valence-corrected chi connectivity index (χ3v) is 5.28. The molecule has 31 heavy (non-hydrogen) atoms. The number of halogens is 4. The largest absolute Gasteiger partial charge is 0.446 e. The molecule has 0 unspecified atom stereocenters. The van der Waals surface area contributed by atoms with E-state index in [-0.39, 0.29) is 34.9 Å². The zero-order valence-corrected chi connectivity index (χ0v) is 16.7. The van der Waals surface area contributed by atoms with Gasteiger partial charge in [0, 0.05) is 16.8 Å². The second-order valence-electron chi connectivity index (χ2n) is 6.65. The molecule has 4 aromatic rings. The van der Waals surface area contributed by atoms with Gasteiger partial charge in [0.25, 0.3) is 5.91 Å². The van der Waals surface area contributed by atoms with Crippen molar-refractivity contribution < 1.29 is 22.4 Å². The van der Waals surface area contributed by atoms with Gasteiger partial charge in [-0.2, -0.15) is 18.3 Å². The fourth-order valence-electron chi connectivity index (χ4n) is 3.12. The number of alkyl halides is 3. The van der Waals surface area contributed by atoms with E-state index in [4.69, 9.17) is 0 Å². The number of carbonyl (C=O) groups is 1. The summed E-state index contributed by atoms with van der Waals surface area (Å²) >= 11 is -0.184. The van der Waals surface area contributed by atoms with Crippen LogP contribution in [-0.4, -0.2) is 21.2 Å². The Morgan fingerprint density at radius 1 is 1.00 bits per heavy atom. The van der Waals surface area contributed by atoms with Gasteiger partial charge in [-0.3, -0.25) is 4.79 Å². The lowest BCUT2D eigenvalue weighted by molar-refractivity contribution is -0.0328. The van der Waals surface area contributed by atoms with Crippen LogP contribution < -0.4 is 5.32 Å². The molecule has 0 aliphatic carbocycles. The summed E-state index contributed by atoms with van der Waals surface area (Å²) in [6.07, 6.45) is 1.57. The lowest BCUT2D eigenvalue weighted by Gasteiger charge is -2.09. The van der Waals surface area contributed by atoms with Crippen molar-refractivity contribution in [1.82, 2.24) is 15.1 Å². The van der Waals surface area contributed by atoms with E-state index in [1.165, 1.54) is 24.3 Å². The summed E-state index contributed by atoms with van der Waals surface area (Å²) in [6, 6.07) is 16.9. The minimum atomic E-state index is -4.34. The molecule has 0 bridgehead atoms. The third-order valence-electron chi connectivity index (χ3n) is 4.54. The third kappa shape index (κ3) is 4.88. The number of amides is 1. The van der Waals surface area contributed by atoms with E-state index < -0.39 is 5.51 Å². The zero-order valence-electron chi connectivity index (χ0n) is 15.9. The van der Waals surface area contributed by atoms with Crippen LogP contribution in [0.2, 0.25) is 0 Å². The first-order chi connectivity index (χ1) is 14.8. The Morgan fingerprint density at radius 3 is 2.39 bits per heavy atom. The molecule has 1 amide bonds. The molecule has 158 valence electrons. The van der Waals surface area contributed by atoms with Crippen LogP contribution in [0.5, 0.6) is 0 Å². The van der Waals surface area contributed by atoms with Crippen LogP contribution in [0.15, 0.2) is 77.8 Å². The number of rotatable bonds is 5. The van der Waals surface area contributed by atoms with Crippen molar-refractivity contribution >= 4 is 28.6 Å². The van der Waals surface area contributed by atoms with Crippen molar-refractivity contribution in [2.24, 2.45) is 0 Å². The summed E-state index contributed by atoms with van der Waals surface area (Å²) in [6.45, 7) is 0.165. The quantitative estimate of drug-likeness (QED) is 0.316. The molecule has 0 aliphatic rings. The van der Waals surface area contributed by atoms with Crippen molar-refractivity contribution in [2.45, 2.75) is 16.9 Å². The van der Waals surface area contributed by atoms with Gasteiger partial charge in [-0.15, -0.1) is 0 Å². The Balaban J connectivity index is 1.50. The molecule has 0 saturated heterocycles. The zero-order chi connectivity index (χ0) is 22.0. The number of fused-ring (bicyclic) bond motifs is 1. The van der Waals surface area contributed by atoms with E-state index in [0.717, 1.165) is 0 Å². The van der Waals surface area contributed by atoms with Crippen LogP contribution in [0.4, 0.5) is 17.6 Å². The van der Waals surface area contributed by atoms with Crippen molar-refractivity contribution in [3.05, 3.63) is 89.9 Å². The molecule has 0 fully saturated rings. The van der Waals surface area contributed by atoms with Crippen molar-refractivity contribution in [3.8, 4) is 5.69 Å². The van der Waals surface area contributed by atoms with Gasteiger partial charge < -0.3 is 5.32 Å². The van der Waals surface area contributed by atoms with Crippen LogP contribution in [-0.2, 0) is 6.54 Å². The van der Waals surface area contributed by atoms with Gasteiger partial charge in [-0.05, 0) is 65.9 Å². The Hall–Kier alpha value is -3.33. The summed E-state index contributed by atoms with van der Waals surface area (Å²) in [5.41, 5.74) is -1.91. The van der Waals surface area contributed by atoms with E-state index in [9.17, 15) is 22.4 Å². The lowest BCUT2D eigenvalue weighted by atomic mass is 10.1. The summed E-state index contributed by atoms with van der Waals surface area (Å²) in [7, 11) is 0. The fourth-order valence-corrected chi connectivity index (χ4v) is 3.66. The number of nitrogens with zero attached hydrogens (tertiary/aromatic N) is 2. The molecule has 0 radical (unpaired) electrons. The molecule has 0 aliphatic heterocycles. The normalized spacial score (nSPS) is 11.6. The van der Waals surface area contributed by atoms with E-state index in [1.807, 2.05) is 0 Å². The van der Waals surface area contributed by atoms with Crippen molar-refractivity contribution in [1.29, 1.82) is 0 Å². The summed E-state index contributed by atoms with van der Waals surface area (Å²) in [5.74, 6) is -0.691. The molecule has 1 heterocycles. The number of thioether (sulfide) groups is 1. The summed E-state index contributed by atoms with van der Waals surface area (Å²) in [4.78, 5) is 12.8. The van der Waals surface area contributed by atoms with Crippen LogP contribution >= 0.6 is 11.8 Å². The molecule has 0 atom stereocenters. The predicted molar refractivity (Wildman–Crippen MR) is 111 cm³/mol. The molecule has 9 heteroatoms. The second kappa shape index (κ2) is 8.43.